The highest BCUT2D eigenvalue weighted by molar-refractivity contribution is 7.92. The fourth-order valence-corrected chi connectivity index (χ4v) is 5.27. The van der Waals surface area contributed by atoms with Crippen LogP contribution in [0.5, 0.6) is 17.2 Å². The Morgan fingerprint density at radius 3 is 2.40 bits per heavy atom. The van der Waals surface area contributed by atoms with Crippen LogP contribution >= 0.6 is 0 Å². The van der Waals surface area contributed by atoms with Crippen LogP contribution < -0.4 is 14.2 Å². The molecule has 2 N–H and O–H groups in total. The summed E-state index contributed by atoms with van der Waals surface area (Å²) in [6.45, 7) is 5.14. The number of aliphatic hydroxyl groups is 1. The molecule has 3 aromatic carbocycles. The molecule has 4 rings (SSSR count). The lowest BCUT2D eigenvalue weighted by molar-refractivity contribution is 0.0344. The molecule has 40 heavy (non-hydrogen) atoms. The van der Waals surface area contributed by atoms with Crippen molar-refractivity contribution in [2.75, 3.05) is 37.7 Å². The third kappa shape index (κ3) is 7.53. The number of nitrogens with one attached hydrogen (secondary N) is 1. The van der Waals surface area contributed by atoms with Crippen molar-refractivity contribution in [3.63, 3.8) is 0 Å². The topological polar surface area (TPSA) is 108 Å². The molecule has 1 aliphatic heterocycles. The number of aliphatic hydroxyl groups excluding tert-OH is 1. The van der Waals surface area contributed by atoms with E-state index in [2.05, 4.69) is 9.62 Å². The maximum absolute atomic E-state index is 13.5. The van der Waals surface area contributed by atoms with Gasteiger partial charge in [0.05, 0.1) is 30.2 Å². The van der Waals surface area contributed by atoms with Crippen molar-refractivity contribution in [2.24, 2.45) is 5.92 Å². The highest BCUT2D eigenvalue weighted by atomic mass is 32.2. The van der Waals surface area contributed by atoms with Crippen LogP contribution in [0.2, 0.25) is 0 Å². The monoisotopic (exact) mass is 567 g/mol. The summed E-state index contributed by atoms with van der Waals surface area (Å²) in [6.07, 6.45) is 0.690. The van der Waals surface area contributed by atoms with Crippen molar-refractivity contribution in [1.29, 1.82) is 0 Å². The van der Waals surface area contributed by atoms with Gasteiger partial charge in [-0.1, -0.05) is 43.3 Å². The Bertz CT molecular complexity index is 1400. The number of carbonyl (C=O) groups excluding carboxylic acids is 1. The minimum atomic E-state index is -3.62. The van der Waals surface area contributed by atoms with Gasteiger partial charge in [-0.15, -0.1) is 0 Å². The van der Waals surface area contributed by atoms with E-state index in [9.17, 15) is 18.3 Å². The van der Waals surface area contributed by atoms with Gasteiger partial charge in [-0.3, -0.25) is 14.4 Å². The second-order valence-electron chi connectivity index (χ2n) is 10.4. The lowest BCUT2D eigenvalue weighted by Crippen LogP contribution is -2.49. The molecule has 0 spiro atoms. The van der Waals surface area contributed by atoms with Gasteiger partial charge >= 0.3 is 0 Å². The third-order valence-corrected chi connectivity index (χ3v) is 7.42. The number of likely N-dealkylation sites (N-methyl/N-ethyl adjacent to an activating group) is 1. The standard InChI is InChI=1S/C30H37N3O6S/c1-21-17-33(22(2)20-34)30(35)26-11-8-12-27(31-40(4,36)37)29(26)39-28(21)19-32(3)18-23-13-15-25(16-14-23)38-24-9-6-5-7-10-24/h5-16,21-22,28,31,34H,17-20H2,1-4H3/t21-,22+,28+/m0/s1. The molecule has 0 saturated heterocycles. The quantitative estimate of drug-likeness (QED) is 0.378. The summed E-state index contributed by atoms with van der Waals surface area (Å²) in [6, 6.07) is 21.9. The van der Waals surface area contributed by atoms with Gasteiger partial charge in [0, 0.05) is 25.6 Å². The Kier molecular flexibility index (Phi) is 9.34. The van der Waals surface area contributed by atoms with Crippen LogP contribution in [0.25, 0.3) is 0 Å². The minimum Gasteiger partial charge on any atom is -0.486 e. The lowest BCUT2D eigenvalue weighted by Gasteiger charge is -2.38. The second kappa shape index (κ2) is 12.7. The van der Waals surface area contributed by atoms with Crippen LogP contribution in [0.4, 0.5) is 5.69 Å². The second-order valence-corrected chi connectivity index (χ2v) is 12.2. The first-order chi connectivity index (χ1) is 19.0. The zero-order chi connectivity index (χ0) is 28.9. The SMILES string of the molecule is C[C@H](CO)N1C[C@H](C)[C@@H](CN(C)Cc2ccc(Oc3ccccc3)cc2)Oc2c(NS(C)(=O)=O)cccc2C1=O. The van der Waals surface area contributed by atoms with Crippen LogP contribution in [0.1, 0.15) is 29.8 Å². The summed E-state index contributed by atoms with van der Waals surface area (Å²) in [5.41, 5.74) is 1.55. The van der Waals surface area contributed by atoms with Gasteiger partial charge in [0.1, 0.15) is 17.6 Å². The normalized spacial score (nSPS) is 18.4. The third-order valence-electron chi connectivity index (χ3n) is 6.83. The van der Waals surface area contributed by atoms with Gasteiger partial charge in [-0.25, -0.2) is 8.42 Å². The average Bonchev–Trinajstić information content (AvgIpc) is 2.91. The molecule has 0 bridgehead atoms. The number of ether oxygens (including phenoxy) is 2. The van der Waals surface area contributed by atoms with E-state index in [0.29, 0.717) is 19.6 Å². The molecule has 0 fully saturated rings. The van der Waals surface area contributed by atoms with Crippen LogP contribution in [-0.2, 0) is 16.6 Å². The van der Waals surface area contributed by atoms with Gasteiger partial charge in [0.15, 0.2) is 5.75 Å². The summed E-state index contributed by atoms with van der Waals surface area (Å²) in [4.78, 5) is 17.3. The van der Waals surface area contributed by atoms with E-state index in [-0.39, 0.29) is 41.5 Å². The molecule has 9 nitrogen and oxygen atoms in total. The number of anilines is 1. The Labute approximate surface area is 236 Å². The van der Waals surface area contributed by atoms with E-state index in [4.69, 9.17) is 9.47 Å². The molecule has 1 heterocycles. The number of benzene rings is 3. The van der Waals surface area contributed by atoms with Gasteiger partial charge in [-0.2, -0.15) is 0 Å². The maximum Gasteiger partial charge on any atom is 0.258 e. The van der Waals surface area contributed by atoms with Gasteiger partial charge in [0.2, 0.25) is 10.0 Å². The number of carbonyl (C=O) groups is 1. The number of fused-ring (bicyclic) bond motifs is 1. The van der Waals surface area contributed by atoms with E-state index >= 15 is 0 Å². The number of hydrogen-bond donors (Lipinski definition) is 2. The molecule has 3 atom stereocenters. The Balaban J connectivity index is 1.54. The molecule has 0 aromatic heterocycles. The highest BCUT2D eigenvalue weighted by Crippen LogP contribution is 2.35. The predicted octanol–water partition coefficient (Wildman–Crippen LogP) is 4.20. The minimum absolute atomic E-state index is 0.110. The summed E-state index contributed by atoms with van der Waals surface area (Å²) >= 11 is 0. The number of sulfonamides is 1. The Morgan fingerprint density at radius 1 is 1.07 bits per heavy atom. The molecule has 0 radical (unpaired) electrons. The summed E-state index contributed by atoms with van der Waals surface area (Å²) < 4.78 is 39.0. The molecule has 3 aromatic rings. The van der Waals surface area contributed by atoms with Crippen molar-refractivity contribution < 1.29 is 27.8 Å². The zero-order valence-electron chi connectivity index (χ0n) is 23.3. The number of para-hydroxylation sites is 2. The van der Waals surface area contributed by atoms with Gasteiger partial charge < -0.3 is 19.5 Å². The average molecular weight is 568 g/mol. The molecule has 10 heteroatoms. The molecular weight excluding hydrogens is 530 g/mol. The van der Waals surface area contributed by atoms with Crippen molar-refractivity contribution in [3.8, 4) is 17.2 Å². The van der Waals surface area contributed by atoms with Crippen molar-refractivity contribution in [1.82, 2.24) is 9.80 Å². The fourth-order valence-electron chi connectivity index (χ4n) is 4.71. The number of hydrogen-bond acceptors (Lipinski definition) is 7. The molecule has 214 valence electrons. The summed E-state index contributed by atoms with van der Waals surface area (Å²) in [7, 11) is -1.63. The first kappa shape index (κ1) is 29.4. The lowest BCUT2D eigenvalue weighted by atomic mass is 9.99. The van der Waals surface area contributed by atoms with E-state index in [1.807, 2.05) is 68.6 Å². The first-order valence-electron chi connectivity index (χ1n) is 13.2. The van der Waals surface area contributed by atoms with Crippen LogP contribution in [0.15, 0.2) is 72.8 Å². The molecule has 0 unspecified atom stereocenters. The molecular formula is C30H37N3O6S. The number of rotatable bonds is 10. The Hall–Kier alpha value is -3.60. The van der Waals surface area contributed by atoms with Crippen molar-refractivity contribution in [3.05, 3.63) is 83.9 Å². The molecule has 1 aliphatic rings. The Morgan fingerprint density at radius 2 is 1.75 bits per heavy atom. The van der Waals surface area contributed by atoms with E-state index in [0.717, 1.165) is 23.3 Å². The molecule has 0 saturated carbocycles. The fraction of sp³-hybridized carbons (Fsp3) is 0.367. The van der Waals surface area contributed by atoms with E-state index < -0.39 is 16.1 Å². The zero-order valence-corrected chi connectivity index (χ0v) is 24.1. The van der Waals surface area contributed by atoms with Crippen LogP contribution in [0.3, 0.4) is 0 Å². The molecule has 0 aliphatic carbocycles. The number of nitrogens with zero attached hydrogens (tertiary/aromatic N) is 2. The van der Waals surface area contributed by atoms with E-state index in [1.165, 1.54) is 0 Å². The predicted molar refractivity (Wildman–Crippen MR) is 155 cm³/mol. The summed E-state index contributed by atoms with van der Waals surface area (Å²) in [5, 5.41) is 9.85. The van der Waals surface area contributed by atoms with Gasteiger partial charge in [0.25, 0.3) is 5.91 Å². The van der Waals surface area contributed by atoms with Crippen LogP contribution in [0, 0.1) is 5.92 Å². The van der Waals surface area contributed by atoms with E-state index in [1.54, 1.807) is 30.0 Å². The largest absolute Gasteiger partial charge is 0.486 e. The first-order valence-corrected chi connectivity index (χ1v) is 15.1. The maximum atomic E-state index is 13.5. The van der Waals surface area contributed by atoms with Gasteiger partial charge in [-0.05, 0) is 55.9 Å². The summed E-state index contributed by atoms with van der Waals surface area (Å²) in [5.74, 6) is 1.29. The van der Waals surface area contributed by atoms with Crippen molar-refractivity contribution in [2.45, 2.75) is 32.5 Å². The highest BCUT2D eigenvalue weighted by Gasteiger charge is 2.34. The van der Waals surface area contributed by atoms with Crippen molar-refractivity contribution >= 4 is 21.6 Å². The molecule has 1 amide bonds. The van der Waals surface area contributed by atoms with Crippen LogP contribution in [-0.4, -0.2) is 74.4 Å². The number of amides is 1. The smallest absolute Gasteiger partial charge is 0.258 e.